The third kappa shape index (κ3) is 3.26. The molecule has 0 saturated heterocycles. The molecule has 0 aliphatic rings. The second kappa shape index (κ2) is 5.75. The van der Waals surface area contributed by atoms with Crippen LogP contribution in [0.4, 0.5) is 0 Å². The van der Waals surface area contributed by atoms with Crippen LogP contribution in [0.3, 0.4) is 0 Å². The summed E-state index contributed by atoms with van der Waals surface area (Å²) in [5, 5.41) is 12.4. The van der Waals surface area contributed by atoms with Crippen LogP contribution in [-0.2, 0) is 0 Å². The van der Waals surface area contributed by atoms with Crippen LogP contribution in [0.2, 0.25) is 0 Å². The first-order valence-corrected chi connectivity index (χ1v) is 6.61. The first kappa shape index (κ1) is 13.4. The molecule has 0 aliphatic heterocycles. The van der Waals surface area contributed by atoms with Crippen molar-refractivity contribution in [2.75, 3.05) is 0 Å². The van der Waals surface area contributed by atoms with Crippen LogP contribution in [0.15, 0.2) is 51.6 Å². The first-order chi connectivity index (χ1) is 9.10. The minimum absolute atomic E-state index is 0.0655. The van der Waals surface area contributed by atoms with Crippen molar-refractivity contribution in [3.63, 3.8) is 0 Å². The Labute approximate surface area is 116 Å². The molecule has 2 rings (SSSR count). The fraction of sp³-hybridized carbons (Fsp3) is 0.143. The molecule has 98 valence electrons. The van der Waals surface area contributed by atoms with Gasteiger partial charge < -0.3 is 10.9 Å². The Kier molecular flexibility index (Phi) is 4.06. The SMILES string of the molecule is Cc1ccc(C)c(Sc2ccc(/C(N)=N/O)cn2)c1. The predicted octanol–water partition coefficient (Wildman–Crippen LogP) is 2.94. The van der Waals surface area contributed by atoms with Gasteiger partial charge in [0.1, 0.15) is 5.03 Å². The molecule has 0 saturated carbocycles. The molecular formula is C14H15N3OS. The van der Waals surface area contributed by atoms with Crippen LogP contribution in [0.1, 0.15) is 16.7 Å². The average molecular weight is 273 g/mol. The summed E-state index contributed by atoms with van der Waals surface area (Å²) in [6.07, 6.45) is 1.60. The van der Waals surface area contributed by atoms with E-state index in [1.54, 1.807) is 24.0 Å². The summed E-state index contributed by atoms with van der Waals surface area (Å²) in [5.74, 6) is 0.0655. The summed E-state index contributed by atoms with van der Waals surface area (Å²) in [4.78, 5) is 5.49. The van der Waals surface area contributed by atoms with E-state index in [0.717, 1.165) is 5.03 Å². The zero-order valence-electron chi connectivity index (χ0n) is 10.8. The molecule has 0 unspecified atom stereocenters. The van der Waals surface area contributed by atoms with E-state index < -0.39 is 0 Å². The molecule has 1 aromatic carbocycles. The van der Waals surface area contributed by atoms with Crippen LogP contribution < -0.4 is 5.73 Å². The molecule has 0 bridgehead atoms. The van der Waals surface area contributed by atoms with Crippen molar-refractivity contribution in [3.05, 3.63) is 53.2 Å². The Hall–Kier alpha value is -2.01. The number of amidine groups is 1. The van der Waals surface area contributed by atoms with Crippen molar-refractivity contribution in [3.8, 4) is 0 Å². The summed E-state index contributed by atoms with van der Waals surface area (Å²) in [6.45, 7) is 4.14. The molecule has 0 fully saturated rings. The van der Waals surface area contributed by atoms with E-state index in [9.17, 15) is 0 Å². The Balaban J connectivity index is 2.22. The van der Waals surface area contributed by atoms with Gasteiger partial charge in [-0.15, -0.1) is 0 Å². The van der Waals surface area contributed by atoms with Gasteiger partial charge in [0, 0.05) is 16.7 Å². The standard InChI is InChI=1S/C14H15N3OS/c1-9-3-4-10(2)12(7-9)19-13-6-5-11(8-16-13)14(15)17-18/h3-8,18H,1-2H3,(H2,15,17). The van der Waals surface area contributed by atoms with Gasteiger partial charge in [-0.1, -0.05) is 29.1 Å². The van der Waals surface area contributed by atoms with Gasteiger partial charge in [-0.2, -0.15) is 0 Å². The molecule has 0 atom stereocenters. The molecule has 2 aromatic rings. The first-order valence-electron chi connectivity index (χ1n) is 5.79. The number of nitrogens with two attached hydrogens (primary N) is 1. The molecule has 4 nitrogen and oxygen atoms in total. The molecule has 0 radical (unpaired) electrons. The maximum atomic E-state index is 8.59. The second-order valence-electron chi connectivity index (χ2n) is 4.24. The summed E-state index contributed by atoms with van der Waals surface area (Å²) in [7, 11) is 0. The molecule has 3 N–H and O–H groups in total. The molecular weight excluding hydrogens is 258 g/mol. The van der Waals surface area contributed by atoms with E-state index in [-0.39, 0.29) is 5.84 Å². The maximum Gasteiger partial charge on any atom is 0.171 e. The van der Waals surface area contributed by atoms with Gasteiger partial charge in [-0.05, 0) is 43.2 Å². The van der Waals surface area contributed by atoms with Crippen molar-refractivity contribution in [1.29, 1.82) is 0 Å². The van der Waals surface area contributed by atoms with Crippen molar-refractivity contribution in [2.45, 2.75) is 23.8 Å². The lowest BCUT2D eigenvalue weighted by molar-refractivity contribution is 0.318. The zero-order chi connectivity index (χ0) is 13.8. The number of benzene rings is 1. The van der Waals surface area contributed by atoms with E-state index in [1.807, 2.05) is 6.07 Å². The minimum Gasteiger partial charge on any atom is -0.409 e. The van der Waals surface area contributed by atoms with Gasteiger partial charge in [-0.25, -0.2) is 4.98 Å². The van der Waals surface area contributed by atoms with E-state index in [2.05, 4.69) is 42.2 Å². The van der Waals surface area contributed by atoms with E-state index in [1.165, 1.54) is 16.0 Å². The number of hydrogen-bond acceptors (Lipinski definition) is 4. The lowest BCUT2D eigenvalue weighted by Crippen LogP contribution is -2.13. The molecule has 19 heavy (non-hydrogen) atoms. The van der Waals surface area contributed by atoms with Gasteiger partial charge >= 0.3 is 0 Å². The van der Waals surface area contributed by atoms with Crippen LogP contribution in [-0.4, -0.2) is 16.0 Å². The number of pyridine rings is 1. The lowest BCUT2D eigenvalue weighted by Gasteiger charge is -2.06. The second-order valence-corrected chi connectivity index (χ2v) is 5.30. The molecule has 0 amide bonds. The van der Waals surface area contributed by atoms with Gasteiger partial charge in [0.05, 0.1) is 0 Å². The number of hydrogen-bond donors (Lipinski definition) is 2. The van der Waals surface area contributed by atoms with Gasteiger partial charge in [0.15, 0.2) is 5.84 Å². The van der Waals surface area contributed by atoms with Crippen LogP contribution in [0, 0.1) is 13.8 Å². The van der Waals surface area contributed by atoms with Crippen LogP contribution in [0.25, 0.3) is 0 Å². The molecule has 1 heterocycles. The molecule has 0 aliphatic carbocycles. The van der Waals surface area contributed by atoms with Crippen LogP contribution >= 0.6 is 11.8 Å². The highest BCUT2D eigenvalue weighted by Gasteiger charge is 2.04. The van der Waals surface area contributed by atoms with Crippen molar-refractivity contribution < 1.29 is 5.21 Å². The Bertz CT molecular complexity index is 609. The fourth-order valence-electron chi connectivity index (χ4n) is 1.58. The predicted molar refractivity (Wildman–Crippen MR) is 76.8 cm³/mol. The average Bonchev–Trinajstić information content (AvgIpc) is 2.43. The van der Waals surface area contributed by atoms with E-state index in [4.69, 9.17) is 10.9 Å². The normalized spacial score (nSPS) is 11.6. The van der Waals surface area contributed by atoms with Crippen molar-refractivity contribution in [1.82, 2.24) is 4.98 Å². The smallest absolute Gasteiger partial charge is 0.171 e. The maximum absolute atomic E-state index is 8.59. The van der Waals surface area contributed by atoms with Gasteiger partial charge in [0.2, 0.25) is 0 Å². The Morgan fingerprint density at radius 1 is 1.26 bits per heavy atom. The van der Waals surface area contributed by atoms with Crippen LogP contribution in [0.5, 0.6) is 0 Å². The van der Waals surface area contributed by atoms with Crippen molar-refractivity contribution in [2.24, 2.45) is 10.9 Å². The van der Waals surface area contributed by atoms with Gasteiger partial charge in [0.25, 0.3) is 0 Å². The molecule has 1 aromatic heterocycles. The van der Waals surface area contributed by atoms with E-state index >= 15 is 0 Å². The van der Waals surface area contributed by atoms with Crippen molar-refractivity contribution >= 4 is 17.6 Å². The number of aromatic nitrogens is 1. The summed E-state index contributed by atoms with van der Waals surface area (Å²) < 4.78 is 0. The Morgan fingerprint density at radius 2 is 2.05 bits per heavy atom. The fourth-order valence-corrected chi connectivity index (χ4v) is 2.52. The number of aryl methyl sites for hydroxylation is 2. The summed E-state index contributed by atoms with van der Waals surface area (Å²) >= 11 is 1.60. The number of nitrogens with zero attached hydrogens (tertiary/aromatic N) is 2. The number of oxime groups is 1. The lowest BCUT2D eigenvalue weighted by atomic mass is 10.2. The largest absolute Gasteiger partial charge is 0.409 e. The quantitative estimate of drug-likeness (QED) is 0.390. The molecule has 5 heteroatoms. The summed E-state index contributed by atoms with van der Waals surface area (Å²) in [6, 6.07) is 9.98. The third-order valence-electron chi connectivity index (χ3n) is 2.70. The van der Waals surface area contributed by atoms with E-state index in [0.29, 0.717) is 5.56 Å². The summed E-state index contributed by atoms with van der Waals surface area (Å²) in [5.41, 5.74) is 8.54. The highest BCUT2D eigenvalue weighted by molar-refractivity contribution is 7.99. The zero-order valence-corrected chi connectivity index (χ0v) is 11.6. The third-order valence-corrected chi connectivity index (χ3v) is 3.81. The number of rotatable bonds is 3. The van der Waals surface area contributed by atoms with Gasteiger partial charge in [-0.3, -0.25) is 0 Å². The monoisotopic (exact) mass is 273 g/mol. The highest BCUT2D eigenvalue weighted by Crippen LogP contribution is 2.29. The highest BCUT2D eigenvalue weighted by atomic mass is 32.2. The molecule has 0 spiro atoms. The topological polar surface area (TPSA) is 71.5 Å². The minimum atomic E-state index is 0.0655. The Morgan fingerprint density at radius 3 is 2.68 bits per heavy atom.